The lowest BCUT2D eigenvalue weighted by Crippen LogP contribution is -2.31. The maximum absolute atomic E-state index is 12.7. The molecule has 1 atom stereocenters. The third-order valence-corrected chi connectivity index (χ3v) is 6.04. The van der Waals surface area contributed by atoms with E-state index in [1.807, 2.05) is 48.0 Å². The summed E-state index contributed by atoms with van der Waals surface area (Å²) in [6.45, 7) is 2.54. The fourth-order valence-electron chi connectivity index (χ4n) is 3.86. The molecule has 6 nitrogen and oxygen atoms in total. The minimum Gasteiger partial charge on any atom is -0.489 e. The van der Waals surface area contributed by atoms with Crippen LogP contribution in [-0.2, 0) is 11.4 Å². The smallest absolute Gasteiger partial charge is 0.279 e. The minimum absolute atomic E-state index is 0.113. The Hall–Kier alpha value is -3.45. The summed E-state index contributed by atoms with van der Waals surface area (Å²) in [4.78, 5) is 29.9. The Balaban J connectivity index is 1.44. The van der Waals surface area contributed by atoms with Crippen molar-refractivity contribution in [3.05, 3.63) is 92.7 Å². The van der Waals surface area contributed by atoms with Gasteiger partial charge in [0.1, 0.15) is 18.2 Å². The first-order valence-electron chi connectivity index (χ1n) is 9.66. The zero-order valence-electron chi connectivity index (χ0n) is 16.3. The van der Waals surface area contributed by atoms with Crippen LogP contribution in [0.2, 0.25) is 0 Å². The highest BCUT2D eigenvalue weighted by atomic mass is 32.1. The van der Waals surface area contributed by atoms with Crippen LogP contribution < -0.4 is 15.6 Å². The first-order valence-corrected chi connectivity index (χ1v) is 10.5. The van der Waals surface area contributed by atoms with Gasteiger partial charge in [0.05, 0.1) is 5.56 Å². The molecule has 3 heterocycles. The van der Waals surface area contributed by atoms with E-state index in [0.717, 1.165) is 16.9 Å². The van der Waals surface area contributed by atoms with Gasteiger partial charge in [0.15, 0.2) is 4.96 Å². The molecule has 2 aromatic carbocycles. The van der Waals surface area contributed by atoms with Gasteiger partial charge in [0, 0.05) is 23.9 Å². The topological polar surface area (TPSA) is 72.7 Å². The quantitative estimate of drug-likeness (QED) is 0.542. The summed E-state index contributed by atoms with van der Waals surface area (Å²) in [6.07, 6.45) is 2.03. The second-order valence-corrected chi connectivity index (χ2v) is 8.26. The maximum atomic E-state index is 12.7. The van der Waals surface area contributed by atoms with Crippen molar-refractivity contribution in [2.75, 3.05) is 5.32 Å². The number of anilines is 1. The lowest BCUT2D eigenvalue weighted by atomic mass is 9.87. The van der Waals surface area contributed by atoms with Crippen LogP contribution in [-0.4, -0.2) is 15.3 Å². The maximum Gasteiger partial charge on any atom is 0.279 e. The summed E-state index contributed by atoms with van der Waals surface area (Å²) in [5.41, 5.74) is 3.43. The molecule has 1 amide bonds. The second kappa shape index (κ2) is 7.42. The monoisotopic (exact) mass is 417 g/mol. The number of carbonyl (C=O) groups is 1. The SMILES string of the molecule is Cc1cccc(COc2ccc(C3CC(=O)Nc4c3c(=O)nc3sccn43)cc2)c1. The van der Waals surface area contributed by atoms with E-state index in [2.05, 4.69) is 29.4 Å². The fraction of sp³-hybridized carbons (Fsp3) is 0.174. The normalized spacial score (nSPS) is 15.6. The van der Waals surface area contributed by atoms with Gasteiger partial charge < -0.3 is 10.1 Å². The van der Waals surface area contributed by atoms with E-state index in [0.29, 0.717) is 22.9 Å². The molecule has 1 N–H and O–H groups in total. The summed E-state index contributed by atoms with van der Waals surface area (Å²) < 4.78 is 7.66. The molecule has 0 bridgehead atoms. The highest BCUT2D eigenvalue weighted by Gasteiger charge is 2.31. The van der Waals surface area contributed by atoms with Gasteiger partial charge in [-0.3, -0.25) is 14.0 Å². The second-order valence-electron chi connectivity index (χ2n) is 7.39. The largest absolute Gasteiger partial charge is 0.489 e. The number of aryl methyl sites for hydroxylation is 1. The molecule has 4 aromatic rings. The number of benzene rings is 2. The first-order chi connectivity index (χ1) is 14.6. The van der Waals surface area contributed by atoms with Gasteiger partial charge in [0.2, 0.25) is 5.91 Å². The van der Waals surface area contributed by atoms with Crippen molar-refractivity contribution in [1.82, 2.24) is 9.38 Å². The number of amides is 1. The van der Waals surface area contributed by atoms with E-state index in [-0.39, 0.29) is 23.8 Å². The average molecular weight is 417 g/mol. The number of fused-ring (bicyclic) bond motifs is 3. The predicted octanol–water partition coefficient (Wildman–Crippen LogP) is 4.12. The van der Waals surface area contributed by atoms with Crippen LogP contribution in [0.3, 0.4) is 0 Å². The number of hydrogen-bond donors (Lipinski definition) is 1. The average Bonchev–Trinajstić information content (AvgIpc) is 3.21. The molecule has 1 unspecified atom stereocenters. The van der Waals surface area contributed by atoms with Crippen molar-refractivity contribution in [1.29, 1.82) is 0 Å². The van der Waals surface area contributed by atoms with E-state index in [4.69, 9.17) is 4.74 Å². The van der Waals surface area contributed by atoms with Gasteiger partial charge in [-0.25, -0.2) is 0 Å². The van der Waals surface area contributed by atoms with Gasteiger partial charge in [-0.15, -0.1) is 11.3 Å². The summed E-state index contributed by atoms with van der Waals surface area (Å²) in [6, 6.07) is 15.8. The zero-order valence-corrected chi connectivity index (χ0v) is 17.1. The Morgan fingerprint density at radius 2 is 2.03 bits per heavy atom. The van der Waals surface area contributed by atoms with Crippen molar-refractivity contribution < 1.29 is 9.53 Å². The number of carbonyl (C=O) groups excluding carboxylic acids is 1. The molecule has 5 rings (SSSR count). The molecule has 0 saturated carbocycles. The molecule has 0 radical (unpaired) electrons. The van der Waals surface area contributed by atoms with E-state index in [9.17, 15) is 9.59 Å². The highest BCUT2D eigenvalue weighted by Crippen LogP contribution is 2.36. The molecule has 0 fully saturated rings. The van der Waals surface area contributed by atoms with Crippen LogP contribution >= 0.6 is 11.3 Å². The Morgan fingerprint density at radius 1 is 1.20 bits per heavy atom. The van der Waals surface area contributed by atoms with Crippen LogP contribution in [0, 0.1) is 6.92 Å². The van der Waals surface area contributed by atoms with Crippen molar-refractivity contribution >= 4 is 28.0 Å². The number of ether oxygens (including phenoxy) is 1. The van der Waals surface area contributed by atoms with Crippen molar-refractivity contribution in [3.8, 4) is 5.75 Å². The van der Waals surface area contributed by atoms with Crippen molar-refractivity contribution in [3.63, 3.8) is 0 Å². The van der Waals surface area contributed by atoms with Gasteiger partial charge in [-0.2, -0.15) is 4.98 Å². The Morgan fingerprint density at radius 3 is 2.83 bits per heavy atom. The standard InChI is InChI=1S/C23H19N3O3S/c1-14-3-2-4-15(11-14)13-29-17-7-5-16(6-8-17)18-12-19(27)24-21-20(18)22(28)25-23-26(21)9-10-30-23/h2-11,18H,12-13H2,1H3,(H,24,27). The molecular weight excluding hydrogens is 398 g/mol. The number of thiazole rings is 1. The van der Waals surface area contributed by atoms with Crippen LogP contribution in [0.1, 0.15) is 34.6 Å². The minimum atomic E-state index is -0.337. The van der Waals surface area contributed by atoms with Crippen molar-refractivity contribution in [2.45, 2.75) is 25.9 Å². The zero-order chi connectivity index (χ0) is 20.7. The van der Waals surface area contributed by atoms with Crippen molar-refractivity contribution in [2.24, 2.45) is 0 Å². The van der Waals surface area contributed by atoms with E-state index < -0.39 is 0 Å². The van der Waals surface area contributed by atoms with Crippen LogP contribution in [0.15, 0.2) is 64.9 Å². The van der Waals surface area contributed by atoms with Gasteiger partial charge in [-0.1, -0.05) is 42.0 Å². The van der Waals surface area contributed by atoms with Gasteiger partial charge >= 0.3 is 0 Å². The molecule has 30 heavy (non-hydrogen) atoms. The third-order valence-electron chi connectivity index (χ3n) is 5.28. The van der Waals surface area contributed by atoms with E-state index >= 15 is 0 Å². The number of hydrogen-bond acceptors (Lipinski definition) is 5. The number of aromatic nitrogens is 2. The van der Waals surface area contributed by atoms with Crippen LogP contribution in [0.5, 0.6) is 5.75 Å². The molecule has 7 heteroatoms. The Labute approximate surface area is 176 Å². The summed E-state index contributed by atoms with van der Waals surface area (Å²) in [7, 11) is 0. The molecule has 1 aliphatic heterocycles. The molecule has 1 aliphatic rings. The summed E-state index contributed by atoms with van der Waals surface area (Å²) in [5.74, 6) is 0.811. The predicted molar refractivity (Wildman–Crippen MR) is 116 cm³/mol. The molecule has 0 aliphatic carbocycles. The molecule has 0 spiro atoms. The van der Waals surface area contributed by atoms with Gasteiger partial charge in [-0.05, 0) is 30.2 Å². The van der Waals surface area contributed by atoms with Crippen LogP contribution in [0.4, 0.5) is 5.82 Å². The first kappa shape index (κ1) is 18.6. The number of rotatable bonds is 4. The lowest BCUT2D eigenvalue weighted by Gasteiger charge is -2.25. The third kappa shape index (κ3) is 3.37. The fourth-order valence-corrected chi connectivity index (χ4v) is 4.57. The molecule has 150 valence electrons. The molecule has 0 saturated heterocycles. The molecular formula is C23H19N3O3S. The Kier molecular flexibility index (Phi) is 4.59. The van der Waals surface area contributed by atoms with Gasteiger partial charge in [0.25, 0.3) is 5.56 Å². The van der Waals surface area contributed by atoms with E-state index in [1.54, 1.807) is 4.40 Å². The van der Waals surface area contributed by atoms with Crippen LogP contribution in [0.25, 0.3) is 4.96 Å². The van der Waals surface area contributed by atoms with E-state index in [1.165, 1.54) is 16.9 Å². The highest BCUT2D eigenvalue weighted by molar-refractivity contribution is 7.15. The lowest BCUT2D eigenvalue weighted by molar-refractivity contribution is -0.116. The molecule has 2 aromatic heterocycles. The number of nitrogens with zero attached hydrogens (tertiary/aromatic N) is 2. The summed E-state index contributed by atoms with van der Waals surface area (Å²) >= 11 is 1.36. The number of nitrogens with one attached hydrogen (secondary N) is 1. The summed E-state index contributed by atoms with van der Waals surface area (Å²) in [5, 5.41) is 4.70. The Bertz CT molecular complexity index is 1310.